The highest BCUT2D eigenvalue weighted by Crippen LogP contribution is 2.12. The Hall–Kier alpha value is -3.34. The molecule has 0 aromatic heterocycles. The third kappa shape index (κ3) is 9.21. The van der Waals surface area contributed by atoms with Gasteiger partial charge in [0.15, 0.2) is 5.96 Å². The zero-order valence-electron chi connectivity index (χ0n) is 18.5. The Balaban J connectivity index is 2.91. The van der Waals surface area contributed by atoms with Crippen LogP contribution in [-0.4, -0.2) is 58.6 Å². The van der Waals surface area contributed by atoms with Crippen LogP contribution in [0.3, 0.4) is 0 Å². The van der Waals surface area contributed by atoms with E-state index in [4.69, 9.17) is 17.2 Å². The van der Waals surface area contributed by atoms with Gasteiger partial charge in [-0.2, -0.15) is 0 Å². The van der Waals surface area contributed by atoms with Crippen molar-refractivity contribution in [3.8, 4) is 5.75 Å². The number of aromatic hydroxyl groups is 1. The molecule has 178 valence electrons. The Morgan fingerprint density at radius 3 is 2.19 bits per heavy atom. The first kappa shape index (κ1) is 26.7. The number of hydrogen-bond acceptors (Lipinski definition) is 6. The number of aliphatic carboxylic acids is 1. The van der Waals surface area contributed by atoms with E-state index in [1.165, 1.54) is 12.1 Å². The van der Waals surface area contributed by atoms with E-state index in [0.717, 1.165) is 0 Å². The van der Waals surface area contributed by atoms with Gasteiger partial charge in [0.25, 0.3) is 0 Å². The molecule has 0 saturated carbocycles. The SMILES string of the molecule is CCC(C)C(N)C(=O)NC(CCCN=C(N)N)C(=O)NC(Cc1ccc(O)cc1)C(=O)O. The van der Waals surface area contributed by atoms with Crippen LogP contribution in [0.5, 0.6) is 5.75 Å². The van der Waals surface area contributed by atoms with Crippen molar-refractivity contribution in [3.63, 3.8) is 0 Å². The summed E-state index contributed by atoms with van der Waals surface area (Å²) >= 11 is 0. The Bertz CT molecular complexity index is 794. The summed E-state index contributed by atoms with van der Waals surface area (Å²) in [4.78, 5) is 40.9. The molecule has 4 unspecified atom stereocenters. The van der Waals surface area contributed by atoms with Crippen LogP contribution in [0.4, 0.5) is 0 Å². The lowest BCUT2D eigenvalue weighted by molar-refractivity contribution is -0.142. The number of carbonyl (C=O) groups is 3. The van der Waals surface area contributed by atoms with Crippen LogP contribution in [0, 0.1) is 5.92 Å². The van der Waals surface area contributed by atoms with E-state index >= 15 is 0 Å². The number of carboxylic acids is 1. The monoisotopic (exact) mass is 450 g/mol. The Morgan fingerprint density at radius 1 is 1.06 bits per heavy atom. The van der Waals surface area contributed by atoms with Gasteiger partial charge in [0.1, 0.15) is 17.8 Å². The Morgan fingerprint density at radius 2 is 1.66 bits per heavy atom. The van der Waals surface area contributed by atoms with Gasteiger partial charge < -0.3 is 38.0 Å². The first-order valence-corrected chi connectivity index (χ1v) is 10.5. The van der Waals surface area contributed by atoms with E-state index in [9.17, 15) is 24.6 Å². The second kappa shape index (κ2) is 13.2. The van der Waals surface area contributed by atoms with E-state index in [-0.39, 0.29) is 37.0 Å². The smallest absolute Gasteiger partial charge is 0.326 e. The standard InChI is InChI=1S/C21H34N6O5/c1-3-12(2)17(22)19(30)26-15(5-4-10-25-21(23)24)18(29)27-16(20(31)32)11-13-6-8-14(28)9-7-13/h6-9,12,15-17,28H,3-5,10-11,22H2,1-2H3,(H,26,30)(H,27,29)(H,31,32)(H4,23,24,25). The van der Waals surface area contributed by atoms with Crippen LogP contribution < -0.4 is 27.8 Å². The highest BCUT2D eigenvalue weighted by Gasteiger charge is 2.29. The first-order valence-electron chi connectivity index (χ1n) is 10.5. The number of amides is 2. The Kier molecular flexibility index (Phi) is 11.0. The van der Waals surface area contributed by atoms with E-state index in [1.54, 1.807) is 12.1 Å². The lowest BCUT2D eigenvalue weighted by atomic mass is 9.98. The zero-order chi connectivity index (χ0) is 24.3. The van der Waals surface area contributed by atoms with Gasteiger partial charge in [-0.1, -0.05) is 32.4 Å². The minimum absolute atomic E-state index is 0.00238. The van der Waals surface area contributed by atoms with Gasteiger partial charge in [-0.3, -0.25) is 14.6 Å². The third-order valence-corrected chi connectivity index (χ3v) is 5.13. The number of phenolic OH excluding ortho intramolecular Hbond substituents is 1. The number of aliphatic imine (C=N–C) groups is 1. The number of hydrogen-bond donors (Lipinski definition) is 7. The maximum atomic E-state index is 12.9. The van der Waals surface area contributed by atoms with Crippen molar-refractivity contribution in [2.75, 3.05) is 6.54 Å². The summed E-state index contributed by atoms with van der Waals surface area (Å²) in [5.74, 6) is -2.51. The fourth-order valence-corrected chi connectivity index (χ4v) is 2.89. The fourth-order valence-electron chi connectivity index (χ4n) is 2.89. The maximum Gasteiger partial charge on any atom is 0.326 e. The minimum atomic E-state index is -1.23. The normalized spacial score (nSPS) is 14.5. The predicted molar refractivity (Wildman–Crippen MR) is 121 cm³/mol. The maximum absolute atomic E-state index is 12.9. The molecule has 1 rings (SSSR count). The van der Waals surface area contributed by atoms with Crippen molar-refractivity contribution in [1.29, 1.82) is 0 Å². The fraction of sp³-hybridized carbons (Fsp3) is 0.524. The zero-order valence-corrected chi connectivity index (χ0v) is 18.5. The molecule has 0 fully saturated rings. The first-order chi connectivity index (χ1) is 15.0. The summed E-state index contributed by atoms with van der Waals surface area (Å²) in [6.07, 6.45) is 1.25. The predicted octanol–water partition coefficient (Wildman–Crippen LogP) is -0.584. The molecule has 0 bridgehead atoms. The van der Waals surface area contributed by atoms with Crippen molar-refractivity contribution in [2.45, 2.75) is 57.7 Å². The molecule has 0 radical (unpaired) electrons. The number of nitrogens with zero attached hydrogens (tertiary/aromatic N) is 1. The number of guanidine groups is 1. The number of nitrogens with one attached hydrogen (secondary N) is 2. The van der Waals surface area contributed by atoms with Crippen LogP contribution in [0.15, 0.2) is 29.3 Å². The van der Waals surface area contributed by atoms with Crippen molar-refractivity contribution in [3.05, 3.63) is 29.8 Å². The minimum Gasteiger partial charge on any atom is -0.508 e. The topological polar surface area (TPSA) is 206 Å². The highest BCUT2D eigenvalue weighted by atomic mass is 16.4. The summed E-state index contributed by atoms with van der Waals surface area (Å²) in [5, 5.41) is 24.0. The van der Waals surface area contributed by atoms with Gasteiger partial charge in [0.2, 0.25) is 11.8 Å². The van der Waals surface area contributed by atoms with Crippen LogP contribution in [0.25, 0.3) is 0 Å². The van der Waals surface area contributed by atoms with Crippen LogP contribution in [0.2, 0.25) is 0 Å². The van der Waals surface area contributed by atoms with Crippen molar-refractivity contribution >= 4 is 23.7 Å². The molecule has 4 atom stereocenters. The average molecular weight is 451 g/mol. The van der Waals surface area contributed by atoms with Crippen molar-refractivity contribution in [2.24, 2.45) is 28.1 Å². The van der Waals surface area contributed by atoms with Crippen molar-refractivity contribution < 1.29 is 24.6 Å². The average Bonchev–Trinajstić information content (AvgIpc) is 2.75. The number of benzene rings is 1. The number of carbonyl (C=O) groups excluding carboxylic acids is 2. The molecule has 2 amide bonds. The second-order valence-electron chi connectivity index (χ2n) is 7.69. The van der Waals surface area contributed by atoms with Crippen molar-refractivity contribution in [1.82, 2.24) is 10.6 Å². The second-order valence-corrected chi connectivity index (χ2v) is 7.69. The third-order valence-electron chi connectivity index (χ3n) is 5.13. The summed E-state index contributed by atoms with van der Waals surface area (Å²) < 4.78 is 0. The summed E-state index contributed by atoms with van der Waals surface area (Å²) in [5.41, 5.74) is 17.2. The molecule has 32 heavy (non-hydrogen) atoms. The lowest BCUT2D eigenvalue weighted by Crippen LogP contribution is -2.55. The van der Waals surface area contributed by atoms with Gasteiger partial charge in [-0.25, -0.2) is 4.79 Å². The molecule has 0 aliphatic heterocycles. The van der Waals surface area contributed by atoms with Gasteiger partial charge in [-0.15, -0.1) is 0 Å². The van der Waals surface area contributed by atoms with Crippen LogP contribution in [0.1, 0.15) is 38.7 Å². The summed E-state index contributed by atoms with van der Waals surface area (Å²) in [6.45, 7) is 3.98. The molecule has 11 nitrogen and oxygen atoms in total. The summed E-state index contributed by atoms with van der Waals surface area (Å²) in [6, 6.07) is 2.95. The van der Waals surface area contributed by atoms with Gasteiger partial charge in [0.05, 0.1) is 6.04 Å². The molecule has 11 heteroatoms. The van der Waals surface area contributed by atoms with Crippen LogP contribution >= 0.6 is 0 Å². The Labute approximate surface area is 187 Å². The van der Waals surface area contributed by atoms with E-state index in [2.05, 4.69) is 15.6 Å². The molecule has 0 heterocycles. The van der Waals surface area contributed by atoms with Gasteiger partial charge >= 0.3 is 5.97 Å². The molecule has 0 saturated heterocycles. The number of nitrogens with two attached hydrogens (primary N) is 3. The van der Waals surface area contributed by atoms with Crippen LogP contribution in [-0.2, 0) is 20.8 Å². The van der Waals surface area contributed by atoms with E-state index in [1.807, 2.05) is 13.8 Å². The van der Waals surface area contributed by atoms with E-state index in [0.29, 0.717) is 18.4 Å². The summed E-state index contributed by atoms with van der Waals surface area (Å²) in [7, 11) is 0. The highest BCUT2D eigenvalue weighted by molar-refractivity contribution is 5.91. The quantitative estimate of drug-likeness (QED) is 0.117. The number of carboxylic acid groups (broad SMARTS) is 1. The number of rotatable bonds is 13. The molecular formula is C21H34N6O5. The molecule has 1 aromatic rings. The number of phenols is 1. The lowest BCUT2D eigenvalue weighted by Gasteiger charge is -2.24. The van der Waals surface area contributed by atoms with Gasteiger partial charge in [0, 0.05) is 13.0 Å². The molecule has 0 spiro atoms. The van der Waals surface area contributed by atoms with E-state index < -0.39 is 35.9 Å². The van der Waals surface area contributed by atoms with Gasteiger partial charge in [-0.05, 0) is 36.5 Å². The largest absolute Gasteiger partial charge is 0.508 e. The molecular weight excluding hydrogens is 416 g/mol. The molecule has 1 aromatic carbocycles. The molecule has 0 aliphatic rings. The molecule has 10 N–H and O–H groups in total. The molecule has 0 aliphatic carbocycles.